The molecule has 2 unspecified atom stereocenters. The van der Waals surface area contributed by atoms with Crippen LogP contribution in [-0.2, 0) is 9.53 Å². The number of amides is 1. The third kappa shape index (κ3) is 3.77. The van der Waals surface area contributed by atoms with Crippen LogP contribution in [-0.4, -0.2) is 25.8 Å². The normalized spacial score (nSPS) is 25.8. The molecule has 1 aliphatic carbocycles. The number of hydrogen-bond donors (Lipinski definition) is 2. The van der Waals surface area contributed by atoms with Crippen LogP contribution in [0.25, 0.3) is 6.08 Å². The van der Waals surface area contributed by atoms with Gasteiger partial charge in [0, 0.05) is 28.3 Å². The van der Waals surface area contributed by atoms with Crippen LogP contribution >= 0.6 is 27.5 Å². The molecule has 1 aromatic carbocycles. The summed E-state index contributed by atoms with van der Waals surface area (Å²) in [6, 6.07) is 3.79. The van der Waals surface area contributed by atoms with Crippen molar-refractivity contribution < 1.29 is 9.53 Å². The summed E-state index contributed by atoms with van der Waals surface area (Å²) in [5.74, 6) is 0.628. The number of carbonyl (C=O) groups excluding carboxylic acids is 1. The second kappa shape index (κ2) is 7.40. The largest absolute Gasteiger partial charge is 0.381 e. The van der Waals surface area contributed by atoms with Gasteiger partial charge < -0.3 is 15.9 Å². The van der Waals surface area contributed by atoms with E-state index in [0.29, 0.717) is 16.4 Å². The van der Waals surface area contributed by atoms with E-state index in [9.17, 15) is 0 Å². The number of carbonyl (C=O) groups is 1. The number of primary amides is 1. The van der Waals surface area contributed by atoms with E-state index in [0.717, 1.165) is 28.8 Å². The number of rotatable bonds is 3. The molecule has 2 atom stereocenters. The van der Waals surface area contributed by atoms with Gasteiger partial charge in [-0.25, -0.2) is 0 Å². The number of nitrogens with one attached hydrogen (secondary N) is 1. The molecule has 1 saturated heterocycles. The van der Waals surface area contributed by atoms with Crippen LogP contribution in [0.1, 0.15) is 24.0 Å². The maximum absolute atomic E-state index is 8.58. The van der Waals surface area contributed by atoms with Gasteiger partial charge in [-0.1, -0.05) is 23.8 Å². The Labute approximate surface area is 143 Å². The van der Waals surface area contributed by atoms with Gasteiger partial charge in [-0.15, -0.1) is 0 Å². The van der Waals surface area contributed by atoms with Crippen molar-refractivity contribution in [1.82, 2.24) is 0 Å². The molecule has 1 aromatic rings. The van der Waals surface area contributed by atoms with Crippen molar-refractivity contribution in [2.75, 3.05) is 13.2 Å². The monoisotopic (exact) mass is 384 g/mol. The van der Waals surface area contributed by atoms with Crippen molar-refractivity contribution in [2.24, 2.45) is 17.1 Å². The maximum atomic E-state index is 8.58. The zero-order valence-corrected chi connectivity index (χ0v) is 14.4. The average molecular weight is 386 g/mol. The number of allylic oxidation sites excluding steroid dienone is 1. The molecule has 0 radical (unpaired) electrons. The molecule has 1 aliphatic heterocycles. The highest BCUT2D eigenvalue weighted by molar-refractivity contribution is 9.10. The fraction of sp³-hybridized carbons (Fsp3) is 0.375. The lowest BCUT2D eigenvalue weighted by Crippen LogP contribution is -2.00. The van der Waals surface area contributed by atoms with Crippen LogP contribution in [0.3, 0.4) is 0 Å². The Morgan fingerprint density at radius 2 is 2.18 bits per heavy atom. The minimum absolute atomic E-state index is 0.250. The zero-order chi connectivity index (χ0) is 16.2. The number of nitrogens with two attached hydrogens (primary N) is 1. The molecule has 22 heavy (non-hydrogen) atoms. The van der Waals surface area contributed by atoms with Gasteiger partial charge >= 0.3 is 0 Å². The molecule has 1 amide bonds. The van der Waals surface area contributed by atoms with Gasteiger partial charge in [0.15, 0.2) is 0 Å². The van der Waals surface area contributed by atoms with Gasteiger partial charge in [0.05, 0.1) is 11.6 Å². The lowest BCUT2D eigenvalue weighted by molar-refractivity contribution is -0.106. The summed E-state index contributed by atoms with van der Waals surface area (Å²) in [7, 11) is 0. The standard InChI is InChI=1S/C15H15BrClNO.CH3NO/c16-13-5-10(11(8-18)6-14(13)17)1-2-12-7-15(12)3-4-19-9-15;2-1-3/h1-2,5-6,8,12,18H,3-4,7,9H2;1H,(H2,2,3)/b2-1+,18-8?;. The second-order valence-electron chi connectivity index (χ2n) is 5.51. The van der Waals surface area contributed by atoms with E-state index >= 15 is 0 Å². The van der Waals surface area contributed by atoms with Crippen LogP contribution in [0.5, 0.6) is 0 Å². The molecule has 4 nitrogen and oxygen atoms in total. The van der Waals surface area contributed by atoms with Crippen LogP contribution in [0.15, 0.2) is 22.7 Å². The molecule has 2 fully saturated rings. The molecule has 2 aliphatic rings. The first-order valence-electron chi connectivity index (χ1n) is 6.97. The Morgan fingerprint density at radius 1 is 1.45 bits per heavy atom. The quantitative estimate of drug-likeness (QED) is 0.615. The molecule has 1 heterocycles. The minimum atomic E-state index is 0.250. The molecule has 0 bridgehead atoms. The first-order valence-corrected chi connectivity index (χ1v) is 8.14. The Hall–Kier alpha value is -1.17. The fourth-order valence-electron chi connectivity index (χ4n) is 2.79. The van der Waals surface area contributed by atoms with E-state index in [4.69, 9.17) is 26.5 Å². The summed E-state index contributed by atoms with van der Waals surface area (Å²) in [6.07, 6.45) is 8.39. The molecule has 1 saturated carbocycles. The van der Waals surface area contributed by atoms with E-state index in [1.807, 2.05) is 12.1 Å². The highest BCUT2D eigenvalue weighted by Gasteiger charge is 2.54. The molecule has 3 N–H and O–H groups in total. The zero-order valence-electron chi connectivity index (χ0n) is 12.0. The van der Waals surface area contributed by atoms with Gasteiger partial charge in [-0.3, -0.25) is 4.79 Å². The van der Waals surface area contributed by atoms with Crippen molar-refractivity contribution in [3.05, 3.63) is 38.8 Å². The predicted octanol–water partition coefficient (Wildman–Crippen LogP) is 3.64. The summed E-state index contributed by atoms with van der Waals surface area (Å²) in [4.78, 5) is 8.58. The number of hydrogen-bond acceptors (Lipinski definition) is 3. The summed E-state index contributed by atoms with van der Waals surface area (Å²) in [5, 5.41) is 8.10. The first kappa shape index (κ1) is 17.2. The van der Waals surface area contributed by atoms with Crippen molar-refractivity contribution >= 4 is 46.2 Å². The van der Waals surface area contributed by atoms with E-state index in [1.54, 1.807) is 0 Å². The number of halogens is 2. The highest BCUT2D eigenvalue weighted by atomic mass is 79.9. The lowest BCUT2D eigenvalue weighted by Gasteiger charge is -2.05. The minimum Gasteiger partial charge on any atom is -0.381 e. The molecule has 1 spiro atoms. The third-order valence-corrected chi connectivity index (χ3v) is 5.37. The van der Waals surface area contributed by atoms with Gasteiger partial charge in [0.2, 0.25) is 6.41 Å². The molecular formula is C16H18BrClN2O2. The van der Waals surface area contributed by atoms with Crippen LogP contribution in [0.2, 0.25) is 5.02 Å². The van der Waals surface area contributed by atoms with Gasteiger partial charge in [0.1, 0.15) is 0 Å². The highest BCUT2D eigenvalue weighted by Crippen LogP contribution is 2.58. The fourth-order valence-corrected chi connectivity index (χ4v) is 3.33. The van der Waals surface area contributed by atoms with Crippen molar-refractivity contribution in [3.8, 4) is 0 Å². The molecular weight excluding hydrogens is 368 g/mol. The van der Waals surface area contributed by atoms with E-state index in [2.05, 4.69) is 33.8 Å². The van der Waals surface area contributed by atoms with E-state index < -0.39 is 0 Å². The average Bonchev–Trinajstić information content (AvgIpc) is 2.94. The maximum Gasteiger partial charge on any atom is 0.204 e. The van der Waals surface area contributed by atoms with Gasteiger partial charge in [-0.05, 0) is 52.4 Å². The molecule has 3 rings (SSSR count). The Balaban J connectivity index is 0.000000545. The second-order valence-corrected chi connectivity index (χ2v) is 6.77. The molecule has 118 valence electrons. The Bertz CT molecular complexity index is 598. The summed E-state index contributed by atoms with van der Waals surface area (Å²) < 4.78 is 6.36. The van der Waals surface area contributed by atoms with E-state index in [-0.39, 0.29) is 6.41 Å². The van der Waals surface area contributed by atoms with Crippen molar-refractivity contribution in [3.63, 3.8) is 0 Å². The number of benzene rings is 1. The summed E-state index contributed by atoms with van der Waals surface area (Å²) in [6.45, 7) is 1.81. The van der Waals surface area contributed by atoms with Crippen LogP contribution in [0.4, 0.5) is 0 Å². The Kier molecular flexibility index (Phi) is 5.78. The smallest absolute Gasteiger partial charge is 0.204 e. The number of ether oxygens (including phenoxy) is 1. The predicted molar refractivity (Wildman–Crippen MR) is 92.3 cm³/mol. The first-order chi connectivity index (χ1) is 10.6. The SMILES string of the molecule is N=Cc1cc(Cl)c(Br)cc1/C=C/C1CC12CCOC2.NC=O. The molecule has 0 aromatic heterocycles. The Morgan fingerprint density at radius 3 is 2.77 bits per heavy atom. The summed E-state index contributed by atoms with van der Waals surface area (Å²) >= 11 is 9.48. The van der Waals surface area contributed by atoms with Crippen molar-refractivity contribution in [1.29, 1.82) is 5.41 Å². The lowest BCUT2D eigenvalue weighted by atomic mass is 10.0. The molecule has 6 heteroatoms. The third-order valence-electron chi connectivity index (χ3n) is 4.18. The van der Waals surface area contributed by atoms with E-state index in [1.165, 1.54) is 19.1 Å². The van der Waals surface area contributed by atoms with Crippen LogP contribution < -0.4 is 5.73 Å². The van der Waals surface area contributed by atoms with Gasteiger partial charge in [0.25, 0.3) is 0 Å². The summed E-state index contributed by atoms with van der Waals surface area (Å²) in [5.41, 5.74) is 6.47. The van der Waals surface area contributed by atoms with Gasteiger partial charge in [-0.2, -0.15) is 0 Å². The van der Waals surface area contributed by atoms with Crippen LogP contribution in [0, 0.1) is 16.7 Å². The topological polar surface area (TPSA) is 76.2 Å². The van der Waals surface area contributed by atoms with Crippen molar-refractivity contribution in [2.45, 2.75) is 12.8 Å².